The molecule has 0 aliphatic rings. The van der Waals surface area contributed by atoms with Crippen molar-refractivity contribution in [2.75, 3.05) is 5.75 Å². The number of nitrogens with one attached hydrogen (secondary N) is 1. The number of carbonyl (C=O) groups excluding carboxylic acids is 1. The lowest BCUT2D eigenvalue weighted by Gasteiger charge is -2.05. The predicted molar refractivity (Wildman–Crippen MR) is 84.1 cm³/mol. The molecule has 0 spiro atoms. The zero-order valence-electron chi connectivity index (χ0n) is 10.9. The largest absolute Gasteiger partial charge is 0.351 e. The van der Waals surface area contributed by atoms with Gasteiger partial charge in [-0.15, -0.1) is 11.8 Å². The van der Waals surface area contributed by atoms with Gasteiger partial charge in [-0.1, -0.05) is 23.7 Å². The van der Waals surface area contributed by atoms with Crippen LogP contribution in [-0.4, -0.2) is 20.4 Å². The van der Waals surface area contributed by atoms with Crippen molar-refractivity contribution in [3.05, 3.63) is 46.2 Å². The van der Waals surface area contributed by atoms with Crippen molar-refractivity contribution in [2.24, 2.45) is 0 Å². The van der Waals surface area contributed by atoms with Crippen molar-refractivity contribution < 1.29 is 4.79 Å². The zero-order valence-corrected chi connectivity index (χ0v) is 13.3. The number of benzene rings is 1. The zero-order chi connectivity index (χ0) is 14.4. The van der Waals surface area contributed by atoms with Gasteiger partial charge in [0.25, 0.3) is 0 Å². The summed E-state index contributed by atoms with van der Waals surface area (Å²) in [5.74, 6) is 1.14. The smallest absolute Gasteiger partial charge is 0.230 e. The highest BCUT2D eigenvalue weighted by Gasteiger charge is 2.06. The van der Waals surface area contributed by atoms with Crippen LogP contribution in [0.4, 0.5) is 0 Å². The van der Waals surface area contributed by atoms with Gasteiger partial charge in [-0.2, -0.15) is 8.75 Å². The van der Waals surface area contributed by atoms with Crippen LogP contribution in [0.5, 0.6) is 0 Å². The molecule has 1 heterocycles. The van der Waals surface area contributed by atoms with Crippen molar-refractivity contribution in [3.63, 3.8) is 0 Å². The van der Waals surface area contributed by atoms with Gasteiger partial charge in [0.2, 0.25) is 5.91 Å². The second-order valence-corrected chi connectivity index (χ2v) is 6.15. The second kappa shape index (κ2) is 7.61. The molecule has 0 atom stereocenters. The molecule has 20 heavy (non-hydrogen) atoms. The number of aryl methyl sites for hydroxylation is 1. The molecule has 7 heteroatoms. The Morgan fingerprint density at radius 2 is 2.30 bits per heavy atom. The summed E-state index contributed by atoms with van der Waals surface area (Å²) >= 11 is 8.63. The number of rotatable bonds is 6. The fourth-order valence-electron chi connectivity index (χ4n) is 1.52. The Kier molecular flexibility index (Phi) is 5.82. The molecule has 2 rings (SSSR count). The van der Waals surface area contributed by atoms with E-state index in [-0.39, 0.29) is 5.91 Å². The fraction of sp³-hybridized carbons (Fsp3) is 0.308. The number of carbonyl (C=O) groups is 1. The summed E-state index contributed by atoms with van der Waals surface area (Å²) in [4.78, 5) is 11.7. The van der Waals surface area contributed by atoms with E-state index >= 15 is 0 Å². The molecule has 0 fully saturated rings. The first-order valence-electron chi connectivity index (χ1n) is 6.02. The summed E-state index contributed by atoms with van der Waals surface area (Å²) in [6.45, 7) is 2.43. The molecule has 0 bridgehead atoms. The summed E-state index contributed by atoms with van der Waals surface area (Å²) in [6, 6.07) is 7.46. The molecule has 4 nitrogen and oxygen atoms in total. The minimum Gasteiger partial charge on any atom is -0.351 e. The lowest BCUT2D eigenvalue weighted by molar-refractivity contribution is -0.118. The molecule has 106 valence electrons. The maximum absolute atomic E-state index is 11.7. The summed E-state index contributed by atoms with van der Waals surface area (Å²) < 4.78 is 8.28. The van der Waals surface area contributed by atoms with Gasteiger partial charge in [0.1, 0.15) is 0 Å². The van der Waals surface area contributed by atoms with E-state index < -0.39 is 0 Å². The molecule has 1 amide bonds. The summed E-state index contributed by atoms with van der Waals surface area (Å²) in [6.07, 6.45) is 0. The number of hydrogen-bond acceptors (Lipinski definition) is 5. The quantitative estimate of drug-likeness (QED) is 0.886. The van der Waals surface area contributed by atoms with E-state index in [4.69, 9.17) is 11.6 Å². The van der Waals surface area contributed by atoms with E-state index in [0.29, 0.717) is 23.1 Å². The molecule has 1 aromatic heterocycles. The number of amides is 1. The van der Waals surface area contributed by atoms with E-state index in [1.165, 1.54) is 23.5 Å². The Morgan fingerprint density at radius 1 is 1.45 bits per heavy atom. The molecule has 0 aliphatic carbocycles. The third kappa shape index (κ3) is 4.77. The van der Waals surface area contributed by atoms with Gasteiger partial charge >= 0.3 is 0 Å². The third-order valence-electron chi connectivity index (χ3n) is 2.60. The molecule has 0 radical (unpaired) electrons. The molecule has 0 aliphatic heterocycles. The Morgan fingerprint density at radius 3 is 3.00 bits per heavy atom. The van der Waals surface area contributed by atoms with Crippen molar-refractivity contribution >= 4 is 41.0 Å². The molecule has 0 saturated heterocycles. The van der Waals surface area contributed by atoms with Gasteiger partial charge in [0, 0.05) is 17.3 Å². The molecule has 0 unspecified atom stereocenters. The van der Waals surface area contributed by atoms with Crippen LogP contribution < -0.4 is 5.32 Å². The Bertz CT molecular complexity index is 589. The normalized spacial score (nSPS) is 10.5. The monoisotopic (exact) mass is 327 g/mol. The lowest BCUT2D eigenvalue weighted by atomic mass is 10.2. The number of nitrogens with zero attached hydrogens (tertiary/aromatic N) is 2. The van der Waals surface area contributed by atoms with Crippen molar-refractivity contribution in [2.45, 2.75) is 19.2 Å². The topological polar surface area (TPSA) is 54.9 Å². The van der Waals surface area contributed by atoms with Gasteiger partial charge in [-0.3, -0.25) is 4.79 Å². The van der Waals surface area contributed by atoms with Crippen LogP contribution in [0.2, 0.25) is 5.02 Å². The molecular formula is C13H14ClN3OS2. The van der Waals surface area contributed by atoms with Crippen molar-refractivity contribution in [1.82, 2.24) is 14.1 Å². The van der Waals surface area contributed by atoms with Crippen LogP contribution in [0.1, 0.15) is 17.0 Å². The van der Waals surface area contributed by atoms with Gasteiger partial charge in [-0.05, 0) is 24.6 Å². The number of aromatic nitrogens is 2. The van der Waals surface area contributed by atoms with E-state index in [1.807, 2.05) is 31.2 Å². The minimum atomic E-state index is 0.0100. The number of halogens is 1. The average molecular weight is 328 g/mol. The molecule has 1 N–H and O–H groups in total. The molecule has 2 aromatic rings. The van der Waals surface area contributed by atoms with Gasteiger partial charge in [0.05, 0.1) is 28.9 Å². The van der Waals surface area contributed by atoms with Crippen LogP contribution in [0.3, 0.4) is 0 Å². The van der Waals surface area contributed by atoms with Crippen LogP contribution in [-0.2, 0) is 17.1 Å². The first-order chi connectivity index (χ1) is 9.65. The van der Waals surface area contributed by atoms with E-state index in [2.05, 4.69) is 14.1 Å². The minimum absolute atomic E-state index is 0.0100. The van der Waals surface area contributed by atoms with Crippen LogP contribution >= 0.6 is 35.1 Å². The fourth-order valence-corrected chi connectivity index (χ4v) is 3.23. The first kappa shape index (κ1) is 15.3. The highest BCUT2D eigenvalue weighted by atomic mass is 35.5. The second-order valence-electron chi connectivity index (χ2n) is 4.20. The summed E-state index contributed by atoms with van der Waals surface area (Å²) in [5, 5.41) is 3.55. The van der Waals surface area contributed by atoms with E-state index in [0.717, 1.165) is 17.0 Å². The van der Waals surface area contributed by atoms with Gasteiger partial charge in [-0.25, -0.2) is 0 Å². The van der Waals surface area contributed by atoms with Gasteiger partial charge in [0.15, 0.2) is 0 Å². The summed E-state index contributed by atoms with van der Waals surface area (Å²) in [5.41, 5.74) is 2.90. The molecule has 1 aromatic carbocycles. The van der Waals surface area contributed by atoms with E-state index in [9.17, 15) is 4.79 Å². The van der Waals surface area contributed by atoms with Gasteiger partial charge < -0.3 is 5.32 Å². The molecule has 0 saturated carbocycles. The SMILES string of the molecule is Cc1nsnc1CSCC(=O)NCc1cccc(Cl)c1. The van der Waals surface area contributed by atoms with Crippen LogP contribution in [0.15, 0.2) is 24.3 Å². The molecular weight excluding hydrogens is 314 g/mol. The highest BCUT2D eigenvalue weighted by Crippen LogP contribution is 2.14. The number of thioether (sulfide) groups is 1. The van der Waals surface area contributed by atoms with Crippen LogP contribution in [0.25, 0.3) is 0 Å². The van der Waals surface area contributed by atoms with Crippen molar-refractivity contribution in [1.29, 1.82) is 0 Å². The van der Waals surface area contributed by atoms with Crippen LogP contribution in [0, 0.1) is 6.92 Å². The number of hydrogen-bond donors (Lipinski definition) is 1. The Balaban J connectivity index is 1.69. The van der Waals surface area contributed by atoms with E-state index in [1.54, 1.807) is 0 Å². The highest BCUT2D eigenvalue weighted by molar-refractivity contribution is 7.99. The lowest BCUT2D eigenvalue weighted by Crippen LogP contribution is -2.24. The third-order valence-corrected chi connectivity index (χ3v) is 4.43. The maximum Gasteiger partial charge on any atom is 0.230 e. The average Bonchev–Trinajstić information content (AvgIpc) is 2.82. The Labute approximate surface area is 131 Å². The Hall–Kier alpha value is -1.11. The predicted octanol–water partition coefficient (Wildman–Crippen LogP) is 3.05. The standard InChI is InChI=1S/C13H14ClN3OS2/c1-9-12(17-20-16-9)7-19-8-13(18)15-6-10-3-2-4-11(14)5-10/h2-5H,6-8H2,1H3,(H,15,18). The van der Waals surface area contributed by atoms with Crippen molar-refractivity contribution in [3.8, 4) is 0 Å². The summed E-state index contributed by atoms with van der Waals surface area (Å²) in [7, 11) is 0. The first-order valence-corrected chi connectivity index (χ1v) is 8.28. The maximum atomic E-state index is 11.7.